The van der Waals surface area contributed by atoms with Crippen molar-refractivity contribution in [3.63, 3.8) is 0 Å². The normalized spacial score (nSPS) is 11.3. The monoisotopic (exact) mass is 512 g/mol. The van der Waals surface area contributed by atoms with E-state index in [9.17, 15) is 19.5 Å². The molecule has 0 saturated carbocycles. The van der Waals surface area contributed by atoms with E-state index in [4.69, 9.17) is 15.2 Å². The van der Waals surface area contributed by atoms with E-state index in [1.54, 1.807) is 4.90 Å². The maximum atomic E-state index is 12.6. The second-order valence-corrected chi connectivity index (χ2v) is 8.41. The van der Waals surface area contributed by atoms with Crippen molar-refractivity contribution < 1.29 is 29.0 Å². The Balaban J connectivity index is 1.78. The van der Waals surface area contributed by atoms with Gasteiger partial charge in [0.05, 0.1) is 6.61 Å². The first-order valence-corrected chi connectivity index (χ1v) is 12.4. The summed E-state index contributed by atoms with van der Waals surface area (Å²) in [5.74, 6) is 0. The Hall–Kier alpha value is -3.72. The molecular formula is C27H36N4O6. The number of isocyanates is 1. The van der Waals surface area contributed by atoms with E-state index in [-0.39, 0.29) is 32.7 Å². The highest BCUT2D eigenvalue weighted by Gasteiger charge is 2.17. The van der Waals surface area contributed by atoms with Gasteiger partial charge >= 0.3 is 12.2 Å². The second kappa shape index (κ2) is 17.7. The Labute approximate surface area is 217 Å². The van der Waals surface area contributed by atoms with E-state index in [1.165, 1.54) is 11.0 Å². The summed E-state index contributed by atoms with van der Waals surface area (Å²) in [6.07, 6.45) is 1.23. The fourth-order valence-corrected chi connectivity index (χ4v) is 3.57. The standard InChI is InChI=1S/C27H36N4O6/c28-15-9-18-31(27(35)37-21-24-12-5-2-6-13-24)17-8-7-16-30(26(33)34)19-14-25(29-22-32)36-20-23-10-3-1-4-11-23/h1-6,10-13,25H,7-9,14-21,28H2,(H,33,34). The number of aliphatic imine (C=N–C) groups is 1. The Morgan fingerprint density at radius 2 is 1.43 bits per heavy atom. The van der Waals surface area contributed by atoms with E-state index >= 15 is 0 Å². The van der Waals surface area contributed by atoms with Crippen molar-refractivity contribution in [2.45, 2.75) is 45.1 Å². The van der Waals surface area contributed by atoms with Gasteiger partial charge in [-0.15, -0.1) is 0 Å². The molecule has 200 valence electrons. The highest BCUT2D eigenvalue weighted by Crippen LogP contribution is 2.10. The molecule has 0 aliphatic carbocycles. The predicted octanol–water partition coefficient (Wildman–Crippen LogP) is 4.00. The number of hydrogen-bond donors (Lipinski definition) is 2. The van der Waals surface area contributed by atoms with E-state index in [0.29, 0.717) is 38.9 Å². The fourth-order valence-electron chi connectivity index (χ4n) is 3.57. The molecule has 1 atom stereocenters. The highest BCUT2D eigenvalue weighted by molar-refractivity contribution is 5.67. The summed E-state index contributed by atoms with van der Waals surface area (Å²) in [6, 6.07) is 18.8. The summed E-state index contributed by atoms with van der Waals surface area (Å²) < 4.78 is 11.1. The van der Waals surface area contributed by atoms with Gasteiger partial charge < -0.3 is 30.1 Å². The highest BCUT2D eigenvalue weighted by atomic mass is 16.6. The number of rotatable bonds is 17. The maximum Gasteiger partial charge on any atom is 0.410 e. The summed E-state index contributed by atoms with van der Waals surface area (Å²) in [6.45, 7) is 2.21. The molecule has 2 rings (SSSR count). The van der Waals surface area contributed by atoms with Crippen LogP contribution in [-0.2, 0) is 27.5 Å². The number of amides is 2. The van der Waals surface area contributed by atoms with Crippen LogP contribution in [0.5, 0.6) is 0 Å². The minimum Gasteiger partial charge on any atom is -0.465 e. The zero-order chi connectivity index (χ0) is 26.7. The average molecular weight is 513 g/mol. The minimum absolute atomic E-state index is 0.149. The molecule has 3 N–H and O–H groups in total. The third kappa shape index (κ3) is 12.2. The summed E-state index contributed by atoms with van der Waals surface area (Å²) in [7, 11) is 0. The molecule has 0 fully saturated rings. The van der Waals surface area contributed by atoms with Crippen LogP contribution in [0.25, 0.3) is 0 Å². The molecule has 0 aromatic heterocycles. The molecule has 0 spiro atoms. The Bertz CT molecular complexity index is 969. The van der Waals surface area contributed by atoms with Crippen LogP contribution in [0.4, 0.5) is 9.59 Å². The van der Waals surface area contributed by atoms with Gasteiger partial charge in [-0.3, -0.25) is 0 Å². The molecule has 0 saturated heterocycles. The molecule has 10 heteroatoms. The molecule has 0 radical (unpaired) electrons. The SMILES string of the molecule is NCCCN(CCCCN(CCC(N=C=O)OCc1ccccc1)C(=O)O)C(=O)OCc1ccccc1. The molecule has 2 amide bonds. The van der Waals surface area contributed by atoms with Gasteiger partial charge in [-0.1, -0.05) is 60.7 Å². The van der Waals surface area contributed by atoms with Crippen LogP contribution in [0.3, 0.4) is 0 Å². The van der Waals surface area contributed by atoms with Crippen molar-refractivity contribution in [2.24, 2.45) is 10.7 Å². The maximum absolute atomic E-state index is 12.6. The first-order valence-electron chi connectivity index (χ1n) is 12.4. The number of carboxylic acid groups (broad SMARTS) is 1. The third-order valence-corrected chi connectivity index (χ3v) is 5.60. The van der Waals surface area contributed by atoms with Gasteiger partial charge in [-0.25, -0.2) is 14.4 Å². The predicted molar refractivity (Wildman–Crippen MR) is 138 cm³/mol. The van der Waals surface area contributed by atoms with Crippen molar-refractivity contribution in [3.8, 4) is 0 Å². The minimum atomic E-state index is -1.07. The average Bonchev–Trinajstić information content (AvgIpc) is 2.92. The van der Waals surface area contributed by atoms with Crippen LogP contribution in [0.2, 0.25) is 0 Å². The van der Waals surface area contributed by atoms with Crippen LogP contribution in [-0.4, -0.2) is 72.1 Å². The molecule has 1 unspecified atom stereocenters. The van der Waals surface area contributed by atoms with E-state index in [1.807, 2.05) is 60.7 Å². The number of ether oxygens (including phenoxy) is 2. The van der Waals surface area contributed by atoms with Crippen LogP contribution in [0.1, 0.15) is 36.8 Å². The number of carbonyl (C=O) groups is 2. The van der Waals surface area contributed by atoms with Crippen molar-refractivity contribution in [1.29, 1.82) is 0 Å². The fraction of sp³-hybridized carbons (Fsp3) is 0.444. The van der Waals surface area contributed by atoms with Crippen LogP contribution < -0.4 is 5.73 Å². The summed E-state index contributed by atoms with van der Waals surface area (Å²) >= 11 is 0. The zero-order valence-corrected chi connectivity index (χ0v) is 21.0. The molecule has 37 heavy (non-hydrogen) atoms. The molecular weight excluding hydrogens is 476 g/mol. The van der Waals surface area contributed by atoms with Gasteiger partial charge in [-0.05, 0) is 36.9 Å². The van der Waals surface area contributed by atoms with E-state index in [0.717, 1.165) is 11.1 Å². The van der Waals surface area contributed by atoms with E-state index < -0.39 is 18.4 Å². The van der Waals surface area contributed by atoms with Crippen LogP contribution in [0, 0.1) is 0 Å². The number of nitrogens with two attached hydrogens (primary N) is 1. The number of benzene rings is 2. The lowest BCUT2D eigenvalue weighted by atomic mass is 10.2. The lowest BCUT2D eigenvalue weighted by Gasteiger charge is -2.24. The second-order valence-electron chi connectivity index (χ2n) is 8.41. The summed E-state index contributed by atoms with van der Waals surface area (Å²) in [5.41, 5.74) is 7.43. The third-order valence-electron chi connectivity index (χ3n) is 5.60. The van der Waals surface area contributed by atoms with Gasteiger partial charge in [0.1, 0.15) is 6.61 Å². The number of hydrogen-bond acceptors (Lipinski definition) is 7. The van der Waals surface area contributed by atoms with Gasteiger partial charge in [0.25, 0.3) is 0 Å². The van der Waals surface area contributed by atoms with Gasteiger partial charge in [0, 0.05) is 32.6 Å². The quantitative estimate of drug-likeness (QED) is 0.186. The molecule has 2 aromatic rings. The lowest BCUT2D eigenvalue weighted by Crippen LogP contribution is -2.36. The van der Waals surface area contributed by atoms with Gasteiger partial charge in [0.2, 0.25) is 6.08 Å². The number of carbonyl (C=O) groups excluding carboxylic acids is 2. The van der Waals surface area contributed by atoms with Gasteiger partial charge in [0.15, 0.2) is 6.23 Å². The van der Waals surface area contributed by atoms with Crippen molar-refractivity contribution >= 4 is 18.3 Å². The van der Waals surface area contributed by atoms with Crippen LogP contribution >= 0.6 is 0 Å². The van der Waals surface area contributed by atoms with Crippen molar-refractivity contribution in [2.75, 3.05) is 32.7 Å². The topological polar surface area (TPSA) is 135 Å². The molecule has 10 nitrogen and oxygen atoms in total. The zero-order valence-electron chi connectivity index (χ0n) is 21.0. The number of unbranched alkanes of at least 4 members (excludes halogenated alkanes) is 1. The first kappa shape index (κ1) is 29.5. The first-order chi connectivity index (χ1) is 18.0. The molecule has 2 aromatic carbocycles. The summed E-state index contributed by atoms with van der Waals surface area (Å²) in [4.78, 5) is 41.6. The van der Waals surface area contributed by atoms with E-state index in [2.05, 4.69) is 4.99 Å². The number of nitrogens with zero attached hydrogens (tertiary/aromatic N) is 3. The largest absolute Gasteiger partial charge is 0.465 e. The molecule has 0 heterocycles. The Morgan fingerprint density at radius 1 is 0.865 bits per heavy atom. The Kier molecular flexibility index (Phi) is 14.1. The lowest BCUT2D eigenvalue weighted by molar-refractivity contribution is 0.0342. The molecule has 0 aliphatic rings. The van der Waals surface area contributed by atoms with Crippen molar-refractivity contribution in [1.82, 2.24) is 9.80 Å². The summed E-state index contributed by atoms with van der Waals surface area (Å²) in [5, 5.41) is 9.59. The van der Waals surface area contributed by atoms with Gasteiger partial charge in [-0.2, -0.15) is 4.99 Å². The van der Waals surface area contributed by atoms with Crippen LogP contribution in [0.15, 0.2) is 65.7 Å². The van der Waals surface area contributed by atoms with Crippen molar-refractivity contribution in [3.05, 3.63) is 71.8 Å². The smallest absolute Gasteiger partial charge is 0.410 e. The molecule has 0 bridgehead atoms. The molecule has 0 aliphatic heterocycles. The Morgan fingerprint density at radius 3 is 2.00 bits per heavy atom.